The van der Waals surface area contributed by atoms with Crippen LogP contribution in [0.1, 0.15) is 46.0 Å². The number of rotatable bonds is 16. The van der Waals surface area contributed by atoms with Crippen LogP contribution in [0, 0.1) is 0 Å². The Kier molecular flexibility index (Phi) is 17.7. The molecule has 0 radical (unpaired) electrons. The van der Waals surface area contributed by atoms with E-state index in [1.54, 1.807) is 0 Å². The fraction of sp³-hybridized carbons (Fsp3) is 1.00. The SMILES string of the molecule is CCCOCCCCCOCCOCCOCCC. The second kappa shape index (κ2) is 17.8. The zero-order chi connectivity index (χ0) is 14.0. The summed E-state index contributed by atoms with van der Waals surface area (Å²) >= 11 is 0. The molecule has 0 aliphatic carbocycles. The monoisotopic (exact) mass is 276 g/mol. The van der Waals surface area contributed by atoms with Gasteiger partial charge in [-0.15, -0.1) is 0 Å². The summed E-state index contributed by atoms with van der Waals surface area (Å²) in [6, 6.07) is 0. The lowest BCUT2D eigenvalue weighted by Crippen LogP contribution is -2.10. The summed E-state index contributed by atoms with van der Waals surface area (Å²) in [5.74, 6) is 0. The van der Waals surface area contributed by atoms with Crippen molar-refractivity contribution in [2.24, 2.45) is 0 Å². The van der Waals surface area contributed by atoms with Crippen molar-refractivity contribution < 1.29 is 18.9 Å². The van der Waals surface area contributed by atoms with Crippen molar-refractivity contribution in [1.82, 2.24) is 0 Å². The summed E-state index contributed by atoms with van der Waals surface area (Å²) < 4.78 is 21.6. The van der Waals surface area contributed by atoms with Gasteiger partial charge in [0, 0.05) is 26.4 Å². The summed E-state index contributed by atoms with van der Waals surface area (Å²) in [6.07, 6.45) is 5.58. The number of hydrogen-bond donors (Lipinski definition) is 0. The summed E-state index contributed by atoms with van der Waals surface area (Å²) in [6.45, 7) is 10.3. The van der Waals surface area contributed by atoms with Crippen LogP contribution in [0.25, 0.3) is 0 Å². The Morgan fingerprint density at radius 3 is 1.26 bits per heavy atom. The van der Waals surface area contributed by atoms with E-state index in [4.69, 9.17) is 18.9 Å². The molecule has 0 saturated carbocycles. The molecule has 0 aromatic carbocycles. The molecule has 0 heterocycles. The van der Waals surface area contributed by atoms with Crippen LogP contribution in [-0.4, -0.2) is 52.9 Å². The molecule has 4 nitrogen and oxygen atoms in total. The van der Waals surface area contributed by atoms with Gasteiger partial charge in [0.2, 0.25) is 0 Å². The molecule has 0 rings (SSSR count). The van der Waals surface area contributed by atoms with Gasteiger partial charge in [-0.05, 0) is 32.1 Å². The predicted octanol–water partition coefficient (Wildman–Crippen LogP) is 3.04. The normalized spacial score (nSPS) is 11.1. The van der Waals surface area contributed by atoms with Crippen molar-refractivity contribution in [2.75, 3.05) is 52.9 Å². The van der Waals surface area contributed by atoms with E-state index in [2.05, 4.69) is 13.8 Å². The molecule has 0 aromatic heterocycles. The van der Waals surface area contributed by atoms with Gasteiger partial charge in [-0.3, -0.25) is 0 Å². The Bertz CT molecular complexity index is 137. The highest BCUT2D eigenvalue weighted by molar-refractivity contribution is 4.41. The standard InChI is InChI=1S/C15H32O4/c1-3-8-16-10-6-5-7-11-18-13-15-19-14-12-17-9-4-2/h3-15H2,1-2H3. The van der Waals surface area contributed by atoms with Gasteiger partial charge in [-0.2, -0.15) is 0 Å². The van der Waals surface area contributed by atoms with Crippen LogP contribution in [0.4, 0.5) is 0 Å². The molecular weight excluding hydrogens is 244 g/mol. The first-order valence-corrected chi connectivity index (χ1v) is 7.72. The Balaban J connectivity index is 2.88. The minimum Gasteiger partial charge on any atom is -0.381 e. The first kappa shape index (κ1) is 18.8. The molecule has 0 amide bonds. The minimum absolute atomic E-state index is 0.662. The molecule has 0 spiro atoms. The maximum atomic E-state index is 5.48. The van der Waals surface area contributed by atoms with Gasteiger partial charge < -0.3 is 18.9 Å². The molecule has 0 aliphatic rings. The average Bonchev–Trinajstić information content (AvgIpc) is 2.43. The van der Waals surface area contributed by atoms with E-state index in [9.17, 15) is 0 Å². The Labute approximate surface area is 118 Å². The number of hydrogen-bond acceptors (Lipinski definition) is 4. The smallest absolute Gasteiger partial charge is 0.0701 e. The van der Waals surface area contributed by atoms with Gasteiger partial charge in [0.25, 0.3) is 0 Å². The van der Waals surface area contributed by atoms with E-state index in [-0.39, 0.29) is 0 Å². The maximum absolute atomic E-state index is 5.48. The first-order valence-electron chi connectivity index (χ1n) is 7.72. The molecule has 0 saturated heterocycles. The third-order valence-electron chi connectivity index (χ3n) is 2.52. The lowest BCUT2D eigenvalue weighted by molar-refractivity contribution is 0.0137. The summed E-state index contributed by atoms with van der Waals surface area (Å²) in [5.41, 5.74) is 0. The Morgan fingerprint density at radius 2 is 0.789 bits per heavy atom. The third-order valence-corrected chi connectivity index (χ3v) is 2.52. The van der Waals surface area contributed by atoms with Gasteiger partial charge in [-0.25, -0.2) is 0 Å². The van der Waals surface area contributed by atoms with Crippen LogP contribution in [0.15, 0.2) is 0 Å². The van der Waals surface area contributed by atoms with E-state index < -0.39 is 0 Å². The second-order valence-electron chi connectivity index (χ2n) is 4.51. The van der Waals surface area contributed by atoms with E-state index in [1.807, 2.05) is 0 Å². The maximum Gasteiger partial charge on any atom is 0.0701 e. The lowest BCUT2D eigenvalue weighted by atomic mass is 10.2. The highest BCUT2D eigenvalue weighted by atomic mass is 16.5. The number of ether oxygens (including phenoxy) is 4. The van der Waals surface area contributed by atoms with Gasteiger partial charge in [0.1, 0.15) is 0 Å². The van der Waals surface area contributed by atoms with Crippen LogP contribution in [-0.2, 0) is 18.9 Å². The highest BCUT2D eigenvalue weighted by Gasteiger charge is 1.93. The average molecular weight is 276 g/mol. The molecular formula is C15H32O4. The molecule has 0 N–H and O–H groups in total. The van der Waals surface area contributed by atoms with Crippen molar-refractivity contribution in [3.63, 3.8) is 0 Å². The zero-order valence-corrected chi connectivity index (χ0v) is 12.8. The van der Waals surface area contributed by atoms with Crippen molar-refractivity contribution >= 4 is 0 Å². The van der Waals surface area contributed by atoms with Crippen molar-refractivity contribution in [3.05, 3.63) is 0 Å². The topological polar surface area (TPSA) is 36.9 Å². The van der Waals surface area contributed by atoms with Crippen LogP contribution in [0.3, 0.4) is 0 Å². The van der Waals surface area contributed by atoms with Gasteiger partial charge in [-0.1, -0.05) is 13.8 Å². The van der Waals surface area contributed by atoms with Crippen LogP contribution >= 0.6 is 0 Å². The van der Waals surface area contributed by atoms with Gasteiger partial charge in [0.15, 0.2) is 0 Å². The summed E-state index contributed by atoms with van der Waals surface area (Å²) in [5, 5.41) is 0. The van der Waals surface area contributed by atoms with Gasteiger partial charge in [0.05, 0.1) is 26.4 Å². The molecule has 0 bridgehead atoms. The van der Waals surface area contributed by atoms with E-state index in [1.165, 1.54) is 6.42 Å². The Hall–Kier alpha value is -0.160. The largest absolute Gasteiger partial charge is 0.381 e. The minimum atomic E-state index is 0.662. The van der Waals surface area contributed by atoms with Crippen molar-refractivity contribution in [2.45, 2.75) is 46.0 Å². The third kappa shape index (κ3) is 17.8. The molecule has 0 fully saturated rings. The second-order valence-corrected chi connectivity index (χ2v) is 4.51. The van der Waals surface area contributed by atoms with Crippen molar-refractivity contribution in [1.29, 1.82) is 0 Å². The Morgan fingerprint density at radius 1 is 0.421 bits per heavy atom. The fourth-order valence-corrected chi connectivity index (χ4v) is 1.52. The van der Waals surface area contributed by atoms with Gasteiger partial charge >= 0.3 is 0 Å². The predicted molar refractivity (Wildman–Crippen MR) is 77.7 cm³/mol. The lowest BCUT2D eigenvalue weighted by Gasteiger charge is -2.06. The molecule has 0 aliphatic heterocycles. The molecule has 0 unspecified atom stereocenters. The van der Waals surface area contributed by atoms with Crippen molar-refractivity contribution in [3.8, 4) is 0 Å². The van der Waals surface area contributed by atoms with Crippen LogP contribution < -0.4 is 0 Å². The van der Waals surface area contributed by atoms with E-state index in [0.29, 0.717) is 26.4 Å². The molecule has 4 heteroatoms. The molecule has 116 valence electrons. The number of unbranched alkanes of at least 4 members (excludes halogenated alkanes) is 2. The highest BCUT2D eigenvalue weighted by Crippen LogP contribution is 1.97. The summed E-state index contributed by atoms with van der Waals surface area (Å²) in [7, 11) is 0. The van der Waals surface area contributed by atoms with E-state index >= 15 is 0 Å². The summed E-state index contributed by atoms with van der Waals surface area (Å²) in [4.78, 5) is 0. The van der Waals surface area contributed by atoms with Crippen LogP contribution in [0.5, 0.6) is 0 Å². The zero-order valence-electron chi connectivity index (χ0n) is 12.8. The quantitative estimate of drug-likeness (QED) is 0.406. The van der Waals surface area contributed by atoms with E-state index in [0.717, 1.165) is 52.1 Å². The molecule has 0 aromatic rings. The molecule has 19 heavy (non-hydrogen) atoms. The van der Waals surface area contributed by atoms with Crippen LogP contribution in [0.2, 0.25) is 0 Å². The first-order chi connectivity index (χ1) is 9.41. The molecule has 0 atom stereocenters. The fourth-order valence-electron chi connectivity index (χ4n) is 1.52.